The van der Waals surface area contributed by atoms with Gasteiger partial charge in [0.25, 0.3) is 4.36 Å². The van der Waals surface area contributed by atoms with Gasteiger partial charge in [-0.05, 0) is 30.5 Å². The van der Waals surface area contributed by atoms with Crippen LogP contribution in [0.1, 0.15) is 31.2 Å². The average molecular weight is 414 g/mol. The van der Waals surface area contributed by atoms with Gasteiger partial charge in [-0.3, -0.25) is 4.79 Å². The normalized spacial score (nSPS) is 21.5. The van der Waals surface area contributed by atoms with Gasteiger partial charge in [0.05, 0.1) is 5.41 Å². The SMILES string of the molecule is O=C(O)C1(c2ccc(OC(F)I)cc2)CCC(F)(F)CC1. The molecule has 0 amide bonds. The van der Waals surface area contributed by atoms with Gasteiger partial charge in [-0.15, -0.1) is 0 Å². The number of rotatable bonds is 4. The van der Waals surface area contributed by atoms with Crippen molar-refractivity contribution in [2.24, 2.45) is 0 Å². The Kier molecular flexibility index (Phi) is 4.69. The fourth-order valence-electron chi connectivity index (χ4n) is 2.62. The van der Waals surface area contributed by atoms with Crippen molar-refractivity contribution in [1.82, 2.24) is 0 Å². The maximum Gasteiger partial charge on any atom is 0.314 e. The Morgan fingerprint density at radius 3 is 2.14 bits per heavy atom. The van der Waals surface area contributed by atoms with Crippen LogP contribution in [0.3, 0.4) is 0 Å². The molecule has 0 bridgehead atoms. The first-order valence-electron chi connectivity index (χ1n) is 6.42. The van der Waals surface area contributed by atoms with E-state index in [4.69, 9.17) is 4.74 Å². The van der Waals surface area contributed by atoms with E-state index in [1.54, 1.807) is 0 Å². The van der Waals surface area contributed by atoms with Crippen LogP contribution in [-0.4, -0.2) is 21.4 Å². The minimum atomic E-state index is -2.80. The number of benzene rings is 1. The van der Waals surface area contributed by atoms with E-state index in [1.807, 2.05) is 0 Å². The van der Waals surface area contributed by atoms with Gasteiger partial charge in [0.15, 0.2) is 0 Å². The number of carboxylic acid groups (broad SMARTS) is 1. The van der Waals surface area contributed by atoms with E-state index in [9.17, 15) is 23.1 Å². The van der Waals surface area contributed by atoms with Crippen LogP contribution in [0, 0.1) is 0 Å². The summed E-state index contributed by atoms with van der Waals surface area (Å²) in [6.45, 7) is 0. The van der Waals surface area contributed by atoms with Crippen molar-refractivity contribution in [3.8, 4) is 5.75 Å². The molecule has 0 heterocycles. The molecule has 0 spiro atoms. The number of hydrogen-bond donors (Lipinski definition) is 1. The Labute approximate surface area is 133 Å². The summed E-state index contributed by atoms with van der Waals surface area (Å²) in [5, 5.41) is 9.49. The second-order valence-corrected chi connectivity index (χ2v) is 6.13. The Morgan fingerprint density at radius 1 is 1.19 bits per heavy atom. The first-order valence-corrected chi connectivity index (χ1v) is 7.66. The van der Waals surface area contributed by atoms with Crippen molar-refractivity contribution < 1.29 is 27.8 Å². The molecule has 1 aromatic carbocycles. The molecule has 1 fully saturated rings. The molecule has 1 aliphatic rings. The van der Waals surface area contributed by atoms with Gasteiger partial charge in [-0.25, -0.2) is 8.78 Å². The van der Waals surface area contributed by atoms with Crippen molar-refractivity contribution in [3.05, 3.63) is 29.8 Å². The van der Waals surface area contributed by atoms with Crippen LogP contribution in [0.2, 0.25) is 0 Å². The fraction of sp³-hybridized carbons (Fsp3) is 0.500. The molecule has 0 aliphatic heterocycles. The summed E-state index contributed by atoms with van der Waals surface area (Å²) < 4.78 is 42.6. The van der Waals surface area contributed by atoms with Gasteiger partial charge in [0.2, 0.25) is 5.92 Å². The molecule has 0 aromatic heterocycles. The molecule has 1 aliphatic carbocycles. The lowest BCUT2D eigenvalue weighted by atomic mass is 9.68. The van der Waals surface area contributed by atoms with Gasteiger partial charge in [0.1, 0.15) is 5.75 Å². The number of alkyl halides is 4. The number of aliphatic carboxylic acids is 1. The monoisotopic (exact) mass is 414 g/mol. The zero-order valence-corrected chi connectivity index (χ0v) is 13.1. The summed E-state index contributed by atoms with van der Waals surface area (Å²) in [5.74, 6) is -3.64. The molecule has 21 heavy (non-hydrogen) atoms. The average Bonchev–Trinajstić information content (AvgIpc) is 2.39. The lowest BCUT2D eigenvalue weighted by molar-refractivity contribution is -0.149. The standard InChI is InChI=1S/C14H14F3IO3/c15-12(18)21-10-3-1-9(2-4-10)13(11(19)20)5-7-14(16,17)8-6-13/h1-4,12H,5-8H2,(H,19,20). The zero-order valence-electron chi connectivity index (χ0n) is 11.0. The molecule has 2 rings (SSSR count). The molecular formula is C14H14F3IO3. The van der Waals surface area contributed by atoms with Crippen LogP contribution >= 0.6 is 22.6 Å². The molecule has 1 atom stereocenters. The first-order chi connectivity index (χ1) is 9.75. The Hall–Kier alpha value is -0.990. The predicted molar refractivity (Wildman–Crippen MR) is 78.7 cm³/mol. The third-order valence-electron chi connectivity index (χ3n) is 3.88. The van der Waals surface area contributed by atoms with Crippen molar-refractivity contribution in [2.45, 2.75) is 41.4 Å². The quantitative estimate of drug-likeness (QED) is 0.591. The molecule has 1 unspecified atom stereocenters. The van der Waals surface area contributed by atoms with Crippen molar-refractivity contribution in [2.75, 3.05) is 0 Å². The van der Waals surface area contributed by atoms with E-state index in [0.717, 1.165) is 0 Å². The summed E-state index contributed by atoms with van der Waals surface area (Å²) in [6.07, 6.45) is -1.13. The Morgan fingerprint density at radius 2 is 1.71 bits per heavy atom. The highest BCUT2D eigenvalue weighted by Crippen LogP contribution is 2.45. The number of carboxylic acids is 1. The molecule has 7 heteroatoms. The van der Waals surface area contributed by atoms with Crippen LogP contribution in [0.25, 0.3) is 0 Å². The Bertz CT molecular complexity index is 507. The van der Waals surface area contributed by atoms with Gasteiger partial charge in [-0.2, -0.15) is 4.39 Å². The molecule has 0 radical (unpaired) electrons. The minimum absolute atomic E-state index is 0.118. The van der Waals surface area contributed by atoms with Crippen molar-refractivity contribution in [1.29, 1.82) is 0 Å². The van der Waals surface area contributed by atoms with Gasteiger partial charge >= 0.3 is 5.97 Å². The summed E-state index contributed by atoms with van der Waals surface area (Å²) in [4.78, 5) is 11.6. The maximum atomic E-state index is 13.3. The molecule has 1 aromatic rings. The highest BCUT2D eigenvalue weighted by atomic mass is 127. The number of carbonyl (C=O) groups is 1. The van der Waals surface area contributed by atoms with E-state index < -0.39 is 34.5 Å². The van der Waals surface area contributed by atoms with Crippen molar-refractivity contribution in [3.63, 3.8) is 0 Å². The van der Waals surface area contributed by atoms with Crippen LogP contribution in [0.4, 0.5) is 13.2 Å². The van der Waals surface area contributed by atoms with E-state index in [-0.39, 0.29) is 18.6 Å². The zero-order chi connectivity index (χ0) is 15.7. The topological polar surface area (TPSA) is 46.5 Å². The van der Waals surface area contributed by atoms with E-state index in [1.165, 1.54) is 46.9 Å². The Balaban J connectivity index is 2.25. The second kappa shape index (κ2) is 6.02. The van der Waals surface area contributed by atoms with Gasteiger partial charge < -0.3 is 9.84 Å². The van der Waals surface area contributed by atoms with E-state index in [2.05, 4.69) is 0 Å². The van der Waals surface area contributed by atoms with Gasteiger partial charge in [0, 0.05) is 35.4 Å². The highest BCUT2D eigenvalue weighted by Gasteiger charge is 2.49. The van der Waals surface area contributed by atoms with E-state index in [0.29, 0.717) is 5.56 Å². The van der Waals surface area contributed by atoms with Crippen LogP contribution in [0.5, 0.6) is 5.75 Å². The van der Waals surface area contributed by atoms with Crippen LogP contribution in [0.15, 0.2) is 24.3 Å². The largest absolute Gasteiger partial charge is 0.481 e. The predicted octanol–water partition coefficient (Wildman–Crippen LogP) is 4.29. The van der Waals surface area contributed by atoms with E-state index >= 15 is 0 Å². The molecule has 0 saturated heterocycles. The summed E-state index contributed by atoms with van der Waals surface area (Å²) in [5.41, 5.74) is -0.860. The highest BCUT2D eigenvalue weighted by molar-refractivity contribution is 14.1. The van der Waals surface area contributed by atoms with Gasteiger partial charge in [-0.1, -0.05) is 12.1 Å². The smallest absolute Gasteiger partial charge is 0.314 e. The summed E-state index contributed by atoms with van der Waals surface area (Å²) in [6, 6.07) is 5.92. The third kappa shape index (κ3) is 3.61. The molecule has 1 saturated carbocycles. The molecule has 1 N–H and O–H groups in total. The number of hydrogen-bond acceptors (Lipinski definition) is 2. The second-order valence-electron chi connectivity index (χ2n) is 5.15. The van der Waals surface area contributed by atoms with Crippen molar-refractivity contribution >= 4 is 28.6 Å². The van der Waals surface area contributed by atoms with Crippen LogP contribution < -0.4 is 4.74 Å². The lowest BCUT2D eigenvalue weighted by Gasteiger charge is -2.37. The lowest BCUT2D eigenvalue weighted by Crippen LogP contribution is -2.42. The third-order valence-corrected chi connectivity index (χ3v) is 4.13. The number of halogens is 4. The first kappa shape index (κ1) is 16.4. The number of ether oxygens (including phenoxy) is 1. The minimum Gasteiger partial charge on any atom is -0.481 e. The maximum absolute atomic E-state index is 13.3. The molecule has 116 valence electrons. The summed E-state index contributed by atoms with van der Waals surface area (Å²) >= 11 is 1.45. The fourth-order valence-corrected chi connectivity index (χ4v) is 2.92. The van der Waals surface area contributed by atoms with Crippen LogP contribution in [-0.2, 0) is 10.2 Å². The summed E-state index contributed by atoms with van der Waals surface area (Å²) in [7, 11) is 0. The molecule has 3 nitrogen and oxygen atoms in total. The molecular weight excluding hydrogens is 400 g/mol.